The number of carbonyl (C=O) groups is 2. The standard InChI is InChI=1S/C12H16O5/c13-10-7-9(5-8(10)6-11(14)15)17-12-3-1-2-4-16-12/h5,9,12H,1-4,6-7H2,(H,14,15)/t9-,12?/m1/s1. The summed E-state index contributed by atoms with van der Waals surface area (Å²) >= 11 is 0. The van der Waals surface area contributed by atoms with Gasteiger partial charge in [0.15, 0.2) is 12.1 Å². The van der Waals surface area contributed by atoms with E-state index >= 15 is 0 Å². The first-order chi connectivity index (χ1) is 8.15. The van der Waals surface area contributed by atoms with Crippen LogP contribution in [0, 0.1) is 0 Å². The Morgan fingerprint density at radius 3 is 3.00 bits per heavy atom. The van der Waals surface area contributed by atoms with Crippen LogP contribution in [-0.2, 0) is 19.1 Å². The van der Waals surface area contributed by atoms with Gasteiger partial charge in [-0.3, -0.25) is 9.59 Å². The summed E-state index contributed by atoms with van der Waals surface area (Å²) in [6.45, 7) is 0.691. The van der Waals surface area contributed by atoms with Gasteiger partial charge in [0, 0.05) is 18.6 Å². The highest BCUT2D eigenvalue weighted by molar-refractivity contribution is 6.01. The first-order valence-corrected chi connectivity index (χ1v) is 5.88. The van der Waals surface area contributed by atoms with E-state index in [0.29, 0.717) is 12.2 Å². The Balaban J connectivity index is 1.88. The Morgan fingerprint density at radius 1 is 1.53 bits per heavy atom. The molecule has 2 atom stereocenters. The van der Waals surface area contributed by atoms with Crippen LogP contribution in [0.5, 0.6) is 0 Å². The predicted octanol–water partition coefficient (Wildman–Crippen LogP) is 1.27. The van der Waals surface area contributed by atoms with Gasteiger partial charge in [0.1, 0.15) is 0 Å². The highest BCUT2D eigenvalue weighted by Gasteiger charge is 2.28. The minimum absolute atomic E-state index is 0.131. The topological polar surface area (TPSA) is 72.8 Å². The molecule has 1 saturated heterocycles. The second-order valence-corrected chi connectivity index (χ2v) is 4.36. The maximum atomic E-state index is 11.5. The Morgan fingerprint density at radius 2 is 2.35 bits per heavy atom. The van der Waals surface area contributed by atoms with Gasteiger partial charge in [-0.05, 0) is 25.3 Å². The first-order valence-electron chi connectivity index (χ1n) is 5.88. The molecule has 5 heteroatoms. The molecule has 0 amide bonds. The molecule has 0 spiro atoms. The normalized spacial score (nSPS) is 29.2. The number of aliphatic carboxylic acids is 1. The van der Waals surface area contributed by atoms with Crippen molar-refractivity contribution in [3.8, 4) is 0 Å². The van der Waals surface area contributed by atoms with E-state index in [-0.39, 0.29) is 31.0 Å². The molecular weight excluding hydrogens is 224 g/mol. The Kier molecular flexibility index (Phi) is 3.91. The van der Waals surface area contributed by atoms with E-state index in [1.807, 2.05) is 0 Å². The van der Waals surface area contributed by atoms with E-state index in [4.69, 9.17) is 14.6 Å². The lowest BCUT2D eigenvalue weighted by Crippen LogP contribution is -2.26. The summed E-state index contributed by atoms with van der Waals surface area (Å²) in [6.07, 6.45) is 4.02. The number of hydrogen-bond donors (Lipinski definition) is 1. The number of carboxylic acids is 1. The quantitative estimate of drug-likeness (QED) is 0.801. The molecule has 0 radical (unpaired) electrons. The van der Waals surface area contributed by atoms with E-state index in [2.05, 4.69) is 0 Å². The highest BCUT2D eigenvalue weighted by atomic mass is 16.7. The zero-order valence-corrected chi connectivity index (χ0v) is 9.55. The van der Waals surface area contributed by atoms with Crippen molar-refractivity contribution < 1.29 is 24.2 Å². The maximum Gasteiger partial charge on any atom is 0.307 e. The van der Waals surface area contributed by atoms with Crippen LogP contribution in [0.2, 0.25) is 0 Å². The smallest absolute Gasteiger partial charge is 0.307 e. The van der Waals surface area contributed by atoms with Crippen LogP contribution in [-0.4, -0.2) is 35.9 Å². The largest absolute Gasteiger partial charge is 0.481 e. The van der Waals surface area contributed by atoms with Gasteiger partial charge in [0.05, 0.1) is 12.5 Å². The van der Waals surface area contributed by atoms with Gasteiger partial charge < -0.3 is 14.6 Å². The summed E-state index contributed by atoms with van der Waals surface area (Å²) in [6, 6.07) is 0. The Bertz CT molecular complexity index is 341. The SMILES string of the molecule is O=C(O)CC1=C[C@@H](OC2CCCCO2)CC1=O. The molecule has 94 valence electrons. The third-order valence-corrected chi connectivity index (χ3v) is 2.94. The van der Waals surface area contributed by atoms with Crippen LogP contribution in [0.1, 0.15) is 32.1 Å². The molecule has 2 rings (SSSR count). The van der Waals surface area contributed by atoms with Crippen molar-refractivity contribution >= 4 is 11.8 Å². The summed E-state index contributed by atoms with van der Waals surface area (Å²) in [5, 5.41) is 8.64. The van der Waals surface area contributed by atoms with Crippen LogP contribution in [0.25, 0.3) is 0 Å². The molecule has 1 heterocycles. The third kappa shape index (κ3) is 3.38. The number of ketones is 1. The molecule has 17 heavy (non-hydrogen) atoms. The Labute approximate surface area is 99.4 Å². The van der Waals surface area contributed by atoms with E-state index in [9.17, 15) is 9.59 Å². The second-order valence-electron chi connectivity index (χ2n) is 4.36. The minimum atomic E-state index is -0.987. The number of carboxylic acid groups (broad SMARTS) is 1. The summed E-state index contributed by atoms with van der Waals surface area (Å²) < 4.78 is 11.0. The first kappa shape index (κ1) is 12.3. The fourth-order valence-corrected chi connectivity index (χ4v) is 2.11. The second kappa shape index (κ2) is 5.42. The number of hydrogen-bond acceptors (Lipinski definition) is 4. The number of rotatable bonds is 4. The summed E-state index contributed by atoms with van der Waals surface area (Å²) in [5.74, 6) is -1.12. The van der Waals surface area contributed by atoms with E-state index in [1.165, 1.54) is 0 Å². The monoisotopic (exact) mass is 240 g/mol. The molecule has 5 nitrogen and oxygen atoms in total. The van der Waals surface area contributed by atoms with Crippen LogP contribution in [0.4, 0.5) is 0 Å². The van der Waals surface area contributed by atoms with Crippen molar-refractivity contribution in [1.29, 1.82) is 0 Å². The molecule has 1 aliphatic heterocycles. The van der Waals surface area contributed by atoms with Gasteiger partial charge in [0.2, 0.25) is 0 Å². The molecule has 0 aromatic rings. The Hall–Kier alpha value is -1.20. The molecule has 0 bridgehead atoms. The molecular formula is C12H16O5. The predicted molar refractivity (Wildman–Crippen MR) is 58.4 cm³/mol. The van der Waals surface area contributed by atoms with Crippen molar-refractivity contribution in [2.24, 2.45) is 0 Å². The molecule has 1 N–H and O–H groups in total. The van der Waals surface area contributed by atoms with Gasteiger partial charge in [-0.1, -0.05) is 0 Å². The fourth-order valence-electron chi connectivity index (χ4n) is 2.11. The molecule has 0 aromatic heterocycles. The molecule has 0 saturated carbocycles. The van der Waals surface area contributed by atoms with Crippen LogP contribution in [0.3, 0.4) is 0 Å². The van der Waals surface area contributed by atoms with Crippen molar-refractivity contribution in [1.82, 2.24) is 0 Å². The minimum Gasteiger partial charge on any atom is -0.481 e. The van der Waals surface area contributed by atoms with Crippen LogP contribution < -0.4 is 0 Å². The van der Waals surface area contributed by atoms with E-state index < -0.39 is 5.97 Å². The van der Waals surface area contributed by atoms with Crippen LogP contribution >= 0.6 is 0 Å². The lowest BCUT2D eigenvalue weighted by Gasteiger charge is -2.24. The van der Waals surface area contributed by atoms with Gasteiger partial charge in [0.25, 0.3) is 0 Å². The van der Waals surface area contributed by atoms with Gasteiger partial charge >= 0.3 is 5.97 Å². The third-order valence-electron chi connectivity index (χ3n) is 2.94. The van der Waals surface area contributed by atoms with Crippen molar-refractivity contribution in [2.75, 3.05) is 6.61 Å². The van der Waals surface area contributed by atoms with Gasteiger partial charge in [-0.15, -0.1) is 0 Å². The molecule has 1 fully saturated rings. The molecule has 2 aliphatic rings. The lowest BCUT2D eigenvalue weighted by molar-refractivity contribution is -0.178. The summed E-state index contributed by atoms with van der Waals surface area (Å²) in [7, 11) is 0. The van der Waals surface area contributed by atoms with E-state index in [1.54, 1.807) is 6.08 Å². The van der Waals surface area contributed by atoms with Crippen molar-refractivity contribution in [3.63, 3.8) is 0 Å². The van der Waals surface area contributed by atoms with Gasteiger partial charge in [-0.25, -0.2) is 0 Å². The highest BCUT2D eigenvalue weighted by Crippen LogP contribution is 2.24. The average Bonchev–Trinajstić information content (AvgIpc) is 2.59. The van der Waals surface area contributed by atoms with E-state index in [0.717, 1.165) is 19.3 Å². The number of ether oxygens (including phenoxy) is 2. The zero-order chi connectivity index (χ0) is 12.3. The van der Waals surface area contributed by atoms with Crippen molar-refractivity contribution in [2.45, 2.75) is 44.5 Å². The molecule has 1 aliphatic carbocycles. The fraction of sp³-hybridized carbons (Fsp3) is 0.667. The van der Waals surface area contributed by atoms with Gasteiger partial charge in [-0.2, -0.15) is 0 Å². The number of carbonyl (C=O) groups excluding carboxylic acids is 1. The summed E-state index contributed by atoms with van der Waals surface area (Å²) in [5.41, 5.74) is 0.346. The lowest BCUT2D eigenvalue weighted by atomic mass is 10.1. The number of Topliss-reactive ketones (excluding diaryl/α,β-unsaturated/α-hetero) is 1. The zero-order valence-electron chi connectivity index (χ0n) is 9.55. The average molecular weight is 240 g/mol. The van der Waals surface area contributed by atoms with Crippen molar-refractivity contribution in [3.05, 3.63) is 11.6 Å². The molecule has 0 aromatic carbocycles. The van der Waals surface area contributed by atoms with Crippen LogP contribution in [0.15, 0.2) is 11.6 Å². The summed E-state index contributed by atoms with van der Waals surface area (Å²) in [4.78, 5) is 22.0. The molecule has 1 unspecified atom stereocenters. The maximum absolute atomic E-state index is 11.5.